The van der Waals surface area contributed by atoms with Gasteiger partial charge in [-0.05, 0) is 6.42 Å². The van der Waals surface area contributed by atoms with Gasteiger partial charge in [0.15, 0.2) is 0 Å². The lowest BCUT2D eigenvalue weighted by atomic mass is 10.4. The maximum Gasteiger partial charge on any atom is 0.381 e. The Kier molecular flexibility index (Phi) is 3.27. The Balaban J connectivity index is 3.75. The number of carbonyl (C=O) groups is 1. The molecule has 4 N–H and O–H groups in total. The predicted molar refractivity (Wildman–Crippen MR) is 33.1 cm³/mol. The Morgan fingerprint density at radius 2 is 2.10 bits per heavy atom. The maximum atomic E-state index is 9.96. The van der Waals surface area contributed by atoms with Crippen LogP contribution in [0.5, 0.6) is 0 Å². The van der Waals surface area contributed by atoms with Gasteiger partial charge in [-0.2, -0.15) is 0 Å². The Bertz CT molecular complexity index is 123. The second-order valence-corrected chi connectivity index (χ2v) is 1.90. The first-order valence-corrected chi connectivity index (χ1v) is 2.94. The molecule has 0 aliphatic carbocycles. The van der Waals surface area contributed by atoms with Gasteiger partial charge >= 0.3 is 11.9 Å². The Labute approximate surface area is 58.3 Å². The van der Waals surface area contributed by atoms with Gasteiger partial charge in [-0.15, -0.1) is 0 Å². The van der Waals surface area contributed by atoms with Crippen molar-refractivity contribution >= 4 is 5.97 Å². The SMILES string of the molecule is CCCNC(O)(O)C(=O)O. The average molecular weight is 149 g/mol. The zero-order valence-electron chi connectivity index (χ0n) is 5.66. The Morgan fingerprint density at radius 3 is 2.40 bits per heavy atom. The molecular weight excluding hydrogens is 138 g/mol. The number of aliphatic hydroxyl groups is 2. The van der Waals surface area contributed by atoms with Crippen molar-refractivity contribution in [1.82, 2.24) is 5.32 Å². The molecule has 10 heavy (non-hydrogen) atoms. The van der Waals surface area contributed by atoms with Crippen LogP contribution in [0.1, 0.15) is 13.3 Å². The van der Waals surface area contributed by atoms with Crippen molar-refractivity contribution in [3.8, 4) is 0 Å². The average Bonchev–Trinajstić information content (AvgIpc) is 1.84. The highest BCUT2D eigenvalue weighted by Gasteiger charge is 2.31. The molecule has 0 heterocycles. The highest BCUT2D eigenvalue weighted by Crippen LogP contribution is 1.92. The van der Waals surface area contributed by atoms with Crippen molar-refractivity contribution < 1.29 is 20.1 Å². The van der Waals surface area contributed by atoms with E-state index < -0.39 is 11.9 Å². The topological polar surface area (TPSA) is 89.8 Å². The molecule has 5 nitrogen and oxygen atoms in total. The molecule has 0 aliphatic rings. The second kappa shape index (κ2) is 3.50. The molecule has 0 bridgehead atoms. The van der Waals surface area contributed by atoms with Crippen LogP contribution < -0.4 is 5.32 Å². The van der Waals surface area contributed by atoms with Gasteiger partial charge in [-0.1, -0.05) is 6.92 Å². The minimum Gasteiger partial charge on any atom is -0.476 e. The minimum absolute atomic E-state index is 0.249. The molecule has 60 valence electrons. The highest BCUT2D eigenvalue weighted by atomic mass is 16.6. The second-order valence-electron chi connectivity index (χ2n) is 1.90. The number of nitrogens with one attached hydrogen (secondary N) is 1. The van der Waals surface area contributed by atoms with Crippen molar-refractivity contribution in [2.45, 2.75) is 19.3 Å². The fraction of sp³-hybridized carbons (Fsp3) is 0.800. The number of aliphatic carboxylic acids is 1. The quantitative estimate of drug-likeness (QED) is 0.373. The zero-order chi connectivity index (χ0) is 8.20. The maximum absolute atomic E-state index is 9.96. The van der Waals surface area contributed by atoms with Gasteiger partial charge in [-0.3, -0.25) is 5.32 Å². The molecule has 0 saturated heterocycles. The third-order valence-electron chi connectivity index (χ3n) is 0.920. The van der Waals surface area contributed by atoms with Crippen molar-refractivity contribution in [1.29, 1.82) is 0 Å². The summed E-state index contributed by atoms with van der Waals surface area (Å²) in [6, 6.07) is 0. The summed E-state index contributed by atoms with van der Waals surface area (Å²) < 4.78 is 0. The number of carboxylic acid groups (broad SMARTS) is 1. The summed E-state index contributed by atoms with van der Waals surface area (Å²) in [5.74, 6) is -4.48. The van der Waals surface area contributed by atoms with E-state index in [0.29, 0.717) is 6.42 Å². The smallest absolute Gasteiger partial charge is 0.381 e. The summed E-state index contributed by atoms with van der Waals surface area (Å²) >= 11 is 0. The lowest BCUT2D eigenvalue weighted by Gasteiger charge is -2.16. The molecule has 0 rings (SSSR count). The van der Waals surface area contributed by atoms with E-state index in [4.69, 9.17) is 15.3 Å². The molecule has 0 aromatic carbocycles. The van der Waals surface area contributed by atoms with Crippen molar-refractivity contribution in [3.05, 3.63) is 0 Å². The van der Waals surface area contributed by atoms with Crippen molar-refractivity contribution in [3.63, 3.8) is 0 Å². The van der Waals surface area contributed by atoms with Crippen LogP contribution in [0.3, 0.4) is 0 Å². The Hall–Kier alpha value is -0.650. The summed E-state index contributed by atoms with van der Waals surface area (Å²) in [5, 5.41) is 27.3. The Morgan fingerprint density at radius 1 is 1.60 bits per heavy atom. The van der Waals surface area contributed by atoms with Gasteiger partial charge in [0.25, 0.3) is 0 Å². The molecule has 0 aromatic rings. The first kappa shape index (κ1) is 9.35. The fourth-order valence-electron chi connectivity index (χ4n) is 0.375. The minimum atomic E-state index is -2.78. The van der Waals surface area contributed by atoms with E-state index in [1.54, 1.807) is 6.92 Å². The zero-order valence-corrected chi connectivity index (χ0v) is 5.66. The van der Waals surface area contributed by atoms with E-state index in [-0.39, 0.29) is 6.54 Å². The summed E-state index contributed by atoms with van der Waals surface area (Å²) in [6.07, 6.45) is 0.635. The van der Waals surface area contributed by atoms with Gasteiger partial charge in [-0.25, -0.2) is 4.79 Å². The molecule has 0 aliphatic heterocycles. The molecule has 0 radical (unpaired) electrons. The molecule has 0 fully saturated rings. The normalized spacial score (nSPS) is 11.5. The van der Waals surface area contributed by atoms with E-state index in [1.165, 1.54) is 0 Å². The summed E-state index contributed by atoms with van der Waals surface area (Å²) in [6.45, 7) is 2.03. The van der Waals surface area contributed by atoms with Crippen LogP contribution in [-0.2, 0) is 4.79 Å². The van der Waals surface area contributed by atoms with Crippen LogP contribution in [-0.4, -0.2) is 33.7 Å². The standard InChI is InChI=1S/C5H11NO4/c1-2-3-6-5(9,10)4(7)8/h6,9-10H,2-3H2,1H3,(H,7,8). The van der Waals surface area contributed by atoms with E-state index >= 15 is 0 Å². The largest absolute Gasteiger partial charge is 0.476 e. The summed E-state index contributed by atoms with van der Waals surface area (Å²) in [7, 11) is 0. The van der Waals surface area contributed by atoms with Crippen LogP contribution >= 0.6 is 0 Å². The number of hydrogen-bond acceptors (Lipinski definition) is 4. The van der Waals surface area contributed by atoms with Gasteiger partial charge in [0, 0.05) is 6.54 Å². The van der Waals surface area contributed by atoms with E-state index in [0.717, 1.165) is 0 Å². The summed E-state index contributed by atoms with van der Waals surface area (Å²) in [4.78, 5) is 9.96. The van der Waals surface area contributed by atoms with Crippen molar-refractivity contribution in [2.75, 3.05) is 6.54 Å². The highest BCUT2D eigenvalue weighted by molar-refractivity contribution is 5.74. The van der Waals surface area contributed by atoms with Crippen molar-refractivity contribution in [2.24, 2.45) is 0 Å². The molecule has 0 saturated carbocycles. The molecule has 5 heteroatoms. The fourth-order valence-corrected chi connectivity index (χ4v) is 0.375. The number of carboxylic acids is 1. The van der Waals surface area contributed by atoms with Gasteiger partial charge in [0.05, 0.1) is 0 Å². The molecule has 0 atom stereocenters. The van der Waals surface area contributed by atoms with Gasteiger partial charge in [0.1, 0.15) is 0 Å². The first-order valence-electron chi connectivity index (χ1n) is 2.94. The third kappa shape index (κ3) is 2.77. The lowest BCUT2D eigenvalue weighted by Crippen LogP contribution is -2.52. The van der Waals surface area contributed by atoms with Crippen LogP contribution in [0, 0.1) is 0 Å². The van der Waals surface area contributed by atoms with Gasteiger partial charge in [0.2, 0.25) is 0 Å². The van der Waals surface area contributed by atoms with E-state index in [1.807, 2.05) is 5.32 Å². The third-order valence-corrected chi connectivity index (χ3v) is 0.920. The van der Waals surface area contributed by atoms with Gasteiger partial charge < -0.3 is 15.3 Å². The molecule has 0 amide bonds. The molecule has 0 unspecified atom stereocenters. The first-order chi connectivity index (χ1) is 4.50. The number of rotatable bonds is 4. The molecular formula is C5H11NO4. The van der Waals surface area contributed by atoms with Crippen LogP contribution in [0.15, 0.2) is 0 Å². The molecule has 0 spiro atoms. The summed E-state index contributed by atoms with van der Waals surface area (Å²) in [5.41, 5.74) is 0. The van der Waals surface area contributed by atoms with Crippen LogP contribution in [0.25, 0.3) is 0 Å². The predicted octanol–water partition coefficient (Wildman–Crippen LogP) is -1.29. The molecule has 0 aromatic heterocycles. The van der Waals surface area contributed by atoms with E-state index in [9.17, 15) is 4.79 Å². The van der Waals surface area contributed by atoms with Crippen LogP contribution in [0.2, 0.25) is 0 Å². The monoisotopic (exact) mass is 149 g/mol. The van der Waals surface area contributed by atoms with E-state index in [2.05, 4.69) is 0 Å². The lowest BCUT2D eigenvalue weighted by molar-refractivity contribution is -0.214. The number of hydrogen-bond donors (Lipinski definition) is 4. The van der Waals surface area contributed by atoms with Crippen LogP contribution in [0.4, 0.5) is 0 Å².